The van der Waals surface area contributed by atoms with Crippen molar-refractivity contribution in [2.24, 2.45) is 0 Å². The lowest BCUT2D eigenvalue weighted by Crippen LogP contribution is -2.36. The second kappa shape index (κ2) is 8.59. The summed E-state index contributed by atoms with van der Waals surface area (Å²) in [6.07, 6.45) is 0. The fourth-order valence-electron chi connectivity index (χ4n) is 1.61. The van der Waals surface area contributed by atoms with E-state index in [1.165, 1.54) is 11.3 Å². The minimum atomic E-state index is -3.46. The summed E-state index contributed by atoms with van der Waals surface area (Å²) in [5.74, 6) is 0. The molecule has 1 rings (SSSR count). The van der Waals surface area contributed by atoms with Gasteiger partial charge in [0.1, 0.15) is 4.90 Å². The van der Waals surface area contributed by atoms with Gasteiger partial charge in [-0.25, -0.2) is 13.1 Å². The first-order valence-electron chi connectivity index (χ1n) is 6.96. The van der Waals surface area contributed by atoms with Crippen LogP contribution in [0.15, 0.2) is 14.7 Å². The summed E-state index contributed by atoms with van der Waals surface area (Å²) in [6, 6.07) is 2.13. The van der Waals surface area contributed by atoms with Gasteiger partial charge in [-0.2, -0.15) is 0 Å². The first-order valence-corrected chi connectivity index (χ1v) is 10.1. The quantitative estimate of drug-likeness (QED) is 0.670. The molecular formula is C13H24BrN3O2S2. The standard InChI is InChI=1S/C13H24BrN3O2S2/c1-5-15-9-11-8-12(13(14)20-11)21(18,19)16-6-7-17(4)10(2)3/h8,10,15-16H,5-7,9H2,1-4H3. The van der Waals surface area contributed by atoms with Gasteiger partial charge in [-0.05, 0) is 49.4 Å². The summed E-state index contributed by atoms with van der Waals surface area (Å²) in [6.45, 7) is 8.81. The van der Waals surface area contributed by atoms with Gasteiger partial charge in [-0.15, -0.1) is 11.3 Å². The maximum absolute atomic E-state index is 12.3. The summed E-state index contributed by atoms with van der Waals surface area (Å²) in [5, 5.41) is 3.19. The Balaban J connectivity index is 2.67. The highest BCUT2D eigenvalue weighted by Crippen LogP contribution is 2.31. The number of nitrogens with zero attached hydrogens (tertiary/aromatic N) is 1. The zero-order valence-electron chi connectivity index (χ0n) is 12.9. The van der Waals surface area contributed by atoms with Crippen LogP contribution in [-0.2, 0) is 16.6 Å². The third kappa shape index (κ3) is 5.96. The molecule has 0 spiro atoms. The van der Waals surface area contributed by atoms with Gasteiger partial charge in [0, 0.05) is 30.6 Å². The Labute approximate surface area is 140 Å². The van der Waals surface area contributed by atoms with Crippen molar-refractivity contribution >= 4 is 37.3 Å². The fraction of sp³-hybridized carbons (Fsp3) is 0.692. The van der Waals surface area contributed by atoms with Crippen molar-refractivity contribution in [1.82, 2.24) is 14.9 Å². The Morgan fingerprint density at radius 1 is 1.43 bits per heavy atom. The van der Waals surface area contributed by atoms with E-state index in [2.05, 4.69) is 44.7 Å². The molecule has 0 bridgehead atoms. The Morgan fingerprint density at radius 3 is 2.67 bits per heavy atom. The molecule has 0 unspecified atom stereocenters. The van der Waals surface area contributed by atoms with Crippen molar-refractivity contribution in [2.45, 2.75) is 38.3 Å². The monoisotopic (exact) mass is 397 g/mol. The maximum atomic E-state index is 12.3. The van der Waals surface area contributed by atoms with E-state index in [-0.39, 0.29) is 0 Å². The van der Waals surface area contributed by atoms with Gasteiger partial charge < -0.3 is 10.2 Å². The zero-order chi connectivity index (χ0) is 16.0. The van der Waals surface area contributed by atoms with Crippen molar-refractivity contribution in [3.05, 3.63) is 14.7 Å². The molecule has 8 heteroatoms. The molecule has 2 N–H and O–H groups in total. The van der Waals surface area contributed by atoms with Crippen molar-refractivity contribution in [2.75, 3.05) is 26.7 Å². The van der Waals surface area contributed by atoms with Crippen LogP contribution >= 0.6 is 27.3 Å². The molecule has 0 aliphatic carbocycles. The summed E-state index contributed by atoms with van der Waals surface area (Å²) in [4.78, 5) is 3.43. The molecule has 0 saturated heterocycles. The number of hydrogen-bond donors (Lipinski definition) is 2. The van der Waals surface area contributed by atoms with Crippen LogP contribution in [0, 0.1) is 0 Å². The first kappa shape index (κ1) is 19.1. The molecule has 1 aromatic rings. The number of nitrogens with one attached hydrogen (secondary N) is 2. The van der Waals surface area contributed by atoms with E-state index in [9.17, 15) is 8.42 Å². The molecule has 0 fully saturated rings. The van der Waals surface area contributed by atoms with Crippen LogP contribution in [0.3, 0.4) is 0 Å². The lowest BCUT2D eigenvalue weighted by Gasteiger charge is -2.20. The molecule has 1 aromatic heterocycles. The molecule has 5 nitrogen and oxygen atoms in total. The molecule has 0 aliphatic heterocycles. The number of hydrogen-bond acceptors (Lipinski definition) is 5. The molecule has 0 aliphatic rings. The third-order valence-electron chi connectivity index (χ3n) is 3.18. The van der Waals surface area contributed by atoms with Crippen LogP contribution in [0.4, 0.5) is 0 Å². The SMILES string of the molecule is CCNCc1cc(S(=O)(=O)NCCN(C)C(C)C)c(Br)s1. The average Bonchev–Trinajstić information content (AvgIpc) is 2.78. The van der Waals surface area contributed by atoms with E-state index < -0.39 is 10.0 Å². The predicted molar refractivity (Wildman–Crippen MR) is 92.4 cm³/mol. The van der Waals surface area contributed by atoms with Crippen LogP contribution in [-0.4, -0.2) is 46.0 Å². The number of likely N-dealkylation sites (N-methyl/N-ethyl adjacent to an activating group) is 1. The Hall–Kier alpha value is 0.01000. The third-order valence-corrected chi connectivity index (χ3v) is 6.90. The highest BCUT2D eigenvalue weighted by molar-refractivity contribution is 9.11. The predicted octanol–water partition coefficient (Wildman–Crippen LogP) is 2.24. The van der Waals surface area contributed by atoms with Crippen molar-refractivity contribution in [1.29, 1.82) is 0 Å². The maximum Gasteiger partial charge on any atom is 0.242 e. The summed E-state index contributed by atoms with van der Waals surface area (Å²) < 4.78 is 27.9. The smallest absolute Gasteiger partial charge is 0.242 e. The first-order chi connectivity index (χ1) is 9.77. The summed E-state index contributed by atoms with van der Waals surface area (Å²) in [7, 11) is -1.48. The minimum Gasteiger partial charge on any atom is -0.312 e. The zero-order valence-corrected chi connectivity index (χ0v) is 16.2. The molecule has 0 amide bonds. The van der Waals surface area contributed by atoms with Crippen molar-refractivity contribution < 1.29 is 8.42 Å². The Morgan fingerprint density at radius 2 is 2.10 bits per heavy atom. The van der Waals surface area contributed by atoms with Gasteiger partial charge in [0.05, 0.1) is 3.79 Å². The van der Waals surface area contributed by atoms with E-state index in [4.69, 9.17) is 0 Å². The fourth-order valence-corrected chi connectivity index (χ4v) is 5.28. The molecule has 1 heterocycles. The van der Waals surface area contributed by atoms with Crippen molar-refractivity contribution in [3.63, 3.8) is 0 Å². The van der Waals surface area contributed by atoms with Gasteiger partial charge in [-0.3, -0.25) is 0 Å². The summed E-state index contributed by atoms with van der Waals surface area (Å²) >= 11 is 4.80. The molecule has 0 saturated carbocycles. The number of rotatable bonds is 9. The van der Waals surface area contributed by atoms with Crippen LogP contribution in [0.1, 0.15) is 25.6 Å². The Bertz CT molecular complexity index is 544. The second-order valence-corrected chi connectivity index (χ2v) is 9.29. The van der Waals surface area contributed by atoms with Crippen LogP contribution in [0.5, 0.6) is 0 Å². The average molecular weight is 398 g/mol. The lowest BCUT2D eigenvalue weighted by atomic mass is 10.3. The molecular weight excluding hydrogens is 374 g/mol. The molecule has 122 valence electrons. The van der Waals surface area contributed by atoms with Gasteiger partial charge in [-0.1, -0.05) is 6.92 Å². The van der Waals surface area contributed by atoms with Crippen LogP contribution in [0.2, 0.25) is 0 Å². The van der Waals surface area contributed by atoms with E-state index in [1.807, 2.05) is 14.0 Å². The Kier molecular flexibility index (Phi) is 7.80. The van der Waals surface area contributed by atoms with Gasteiger partial charge >= 0.3 is 0 Å². The van der Waals surface area contributed by atoms with Gasteiger partial charge in [0.2, 0.25) is 10.0 Å². The van der Waals surface area contributed by atoms with Crippen LogP contribution < -0.4 is 10.0 Å². The van der Waals surface area contributed by atoms with Crippen LogP contribution in [0.25, 0.3) is 0 Å². The van der Waals surface area contributed by atoms with E-state index in [1.54, 1.807) is 6.07 Å². The molecule has 0 atom stereocenters. The number of thiophene rings is 1. The van der Waals surface area contributed by atoms with E-state index in [0.29, 0.717) is 34.4 Å². The topological polar surface area (TPSA) is 61.4 Å². The normalized spacial score (nSPS) is 12.5. The highest BCUT2D eigenvalue weighted by atomic mass is 79.9. The second-order valence-electron chi connectivity index (χ2n) is 5.10. The largest absolute Gasteiger partial charge is 0.312 e. The van der Waals surface area contributed by atoms with E-state index in [0.717, 1.165) is 11.4 Å². The minimum absolute atomic E-state index is 0.326. The molecule has 0 radical (unpaired) electrons. The van der Waals surface area contributed by atoms with Gasteiger partial charge in [0.25, 0.3) is 0 Å². The molecule has 0 aromatic carbocycles. The van der Waals surface area contributed by atoms with Crippen molar-refractivity contribution in [3.8, 4) is 0 Å². The lowest BCUT2D eigenvalue weighted by molar-refractivity contribution is 0.278. The van der Waals surface area contributed by atoms with E-state index >= 15 is 0 Å². The summed E-state index contributed by atoms with van der Waals surface area (Å²) in [5.41, 5.74) is 0. The number of sulfonamides is 1. The highest BCUT2D eigenvalue weighted by Gasteiger charge is 2.20. The van der Waals surface area contributed by atoms with Gasteiger partial charge in [0.15, 0.2) is 0 Å². The number of halogens is 1. The molecule has 21 heavy (non-hydrogen) atoms.